The highest BCUT2D eigenvalue weighted by molar-refractivity contribution is 5.93. The fourth-order valence-corrected chi connectivity index (χ4v) is 1.20. The molecule has 1 amide bonds. The Morgan fingerprint density at radius 3 is 2.94 bits per heavy atom. The number of aromatic nitrogens is 1. The molecule has 0 aromatic carbocycles. The maximum Gasteiger partial charge on any atom is 0.243 e. The summed E-state index contributed by atoms with van der Waals surface area (Å²) in [4.78, 5) is 13.5. The summed E-state index contributed by atoms with van der Waals surface area (Å²) in [5.41, 5.74) is 0.715. The highest BCUT2D eigenvalue weighted by Gasteiger charge is 2.18. The maximum atomic E-state index is 11.7. The predicted molar refractivity (Wildman–Crippen MR) is 59.0 cm³/mol. The molecule has 1 unspecified atom stereocenters. The van der Waals surface area contributed by atoms with Crippen LogP contribution in [0.2, 0.25) is 0 Å². The van der Waals surface area contributed by atoms with Crippen LogP contribution in [0.1, 0.15) is 12.6 Å². The van der Waals surface area contributed by atoms with Crippen molar-refractivity contribution >= 4 is 11.8 Å². The molecule has 6 heteroatoms. The van der Waals surface area contributed by atoms with E-state index in [1.807, 2.05) is 0 Å². The maximum absolute atomic E-state index is 11.7. The Kier molecular flexibility index (Phi) is 4.45. The van der Waals surface area contributed by atoms with Crippen LogP contribution >= 0.6 is 0 Å². The summed E-state index contributed by atoms with van der Waals surface area (Å²) in [6.07, 6.45) is 0. The SMILES string of the molecule is Cc1cc(NC(=O)C(C)N(C)CCO)on1. The average molecular weight is 227 g/mol. The van der Waals surface area contributed by atoms with Crippen molar-refractivity contribution in [2.24, 2.45) is 0 Å². The topological polar surface area (TPSA) is 78.6 Å². The molecule has 1 atom stereocenters. The van der Waals surface area contributed by atoms with Gasteiger partial charge < -0.3 is 9.63 Å². The zero-order valence-electron chi connectivity index (χ0n) is 9.73. The van der Waals surface area contributed by atoms with E-state index >= 15 is 0 Å². The first-order valence-electron chi connectivity index (χ1n) is 5.10. The fourth-order valence-electron chi connectivity index (χ4n) is 1.20. The van der Waals surface area contributed by atoms with E-state index in [9.17, 15) is 4.79 Å². The van der Waals surface area contributed by atoms with Crippen molar-refractivity contribution < 1.29 is 14.4 Å². The zero-order chi connectivity index (χ0) is 12.1. The third kappa shape index (κ3) is 3.32. The van der Waals surface area contributed by atoms with Crippen molar-refractivity contribution in [1.82, 2.24) is 10.1 Å². The number of nitrogens with one attached hydrogen (secondary N) is 1. The number of anilines is 1. The smallest absolute Gasteiger partial charge is 0.243 e. The molecular weight excluding hydrogens is 210 g/mol. The van der Waals surface area contributed by atoms with E-state index < -0.39 is 0 Å². The van der Waals surface area contributed by atoms with Crippen LogP contribution in [0.25, 0.3) is 0 Å². The van der Waals surface area contributed by atoms with E-state index in [0.29, 0.717) is 18.1 Å². The van der Waals surface area contributed by atoms with Crippen molar-refractivity contribution in [2.45, 2.75) is 19.9 Å². The van der Waals surface area contributed by atoms with Gasteiger partial charge in [-0.15, -0.1) is 0 Å². The number of aliphatic hydroxyl groups is 1. The molecule has 1 heterocycles. The van der Waals surface area contributed by atoms with E-state index in [-0.39, 0.29) is 18.6 Å². The molecule has 90 valence electrons. The minimum absolute atomic E-state index is 0.0233. The monoisotopic (exact) mass is 227 g/mol. The number of carbonyl (C=O) groups is 1. The first-order chi connectivity index (χ1) is 7.54. The van der Waals surface area contributed by atoms with Gasteiger partial charge in [-0.1, -0.05) is 5.16 Å². The first-order valence-corrected chi connectivity index (χ1v) is 5.10. The number of hydrogen-bond acceptors (Lipinski definition) is 5. The van der Waals surface area contributed by atoms with Gasteiger partial charge in [0.25, 0.3) is 0 Å². The van der Waals surface area contributed by atoms with Crippen molar-refractivity contribution in [2.75, 3.05) is 25.5 Å². The fraction of sp³-hybridized carbons (Fsp3) is 0.600. The molecule has 0 radical (unpaired) electrons. The third-order valence-electron chi connectivity index (χ3n) is 2.37. The quantitative estimate of drug-likeness (QED) is 0.753. The van der Waals surface area contributed by atoms with Gasteiger partial charge in [0, 0.05) is 12.6 Å². The van der Waals surface area contributed by atoms with Crippen molar-refractivity contribution in [3.63, 3.8) is 0 Å². The number of rotatable bonds is 5. The lowest BCUT2D eigenvalue weighted by molar-refractivity contribution is -0.120. The number of carbonyl (C=O) groups excluding carboxylic acids is 1. The first kappa shape index (κ1) is 12.7. The average Bonchev–Trinajstić information content (AvgIpc) is 2.63. The highest BCUT2D eigenvalue weighted by Crippen LogP contribution is 2.09. The number of amides is 1. The van der Waals surface area contributed by atoms with Crippen LogP contribution in [-0.4, -0.2) is 47.3 Å². The van der Waals surface area contributed by atoms with Gasteiger partial charge in [0.1, 0.15) is 0 Å². The Morgan fingerprint density at radius 2 is 2.44 bits per heavy atom. The number of aliphatic hydroxyl groups excluding tert-OH is 1. The van der Waals surface area contributed by atoms with E-state index in [2.05, 4.69) is 10.5 Å². The summed E-state index contributed by atoms with van der Waals surface area (Å²) in [6.45, 7) is 4.01. The van der Waals surface area contributed by atoms with E-state index in [4.69, 9.17) is 9.63 Å². The van der Waals surface area contributed by atoms with Gasteiger partial charge in [0.2, 0.25) is 11.8 Å². The lowest BCUT2D eigenvalue weighted by atomic mass is 10.3. The van der Waals surface area contributed by atoms with Gasteiger partial charge in [-0.3, -0.25) is 15.0 Å². The summed E-state index contributed by atoms with van der Waals surface area (Å²) in [5, 5.41) is 15.0. The van der Waals surface area contributed by atoms with E-state index in [1.54, 1.807) is 31.9 Å². The van der Waals surface area contributed by atoms with E-state index in [0.717, 1.165) is 0 Å². The summed E-state index contributed by atoms with van der Waals surface area (Å²) in [5.74, 6) is 0.152. The van der Waals surface area contributed by atoms with Crippen molar-refractivity contribution in [3.8, 4) is 0 Å². The molecule has 2 N–H and O–H groups in total. The second-order valence-electron chi connectivity index (χ2n) is 3.70. The minimum atomic E-state index is -0.336. The Bertz CT molecular complexity index is 351. The second-order valence-corrected chi connectivity index (χ2v) is 3.70. The second kappa shape index (κ2) is 5.62. The Labute approximate surface area is 94.2 Å². The van der Waals surface area contributed by atoms with Crippen LogP contribution in [0.3, 0.4) is 0 Å². The molecule has 0 saturated heterocycles. The third-order valence-corrected chi connectivity index (χ3v) is 2.37. The number of likely N-dealkylation sites (N-methyl/N-ethyl adjacent to an activating group) is 1. The molecule has 16 heavy (non-hydrogen) atoms. The Balaban J connectivity index is 2.51. The molecule has 6 nitrogen and oxygen atoms in total. The summed E-state index contributed by atoms with van der Waals surface area (Å²) < 4.78 is 4.87. The number of hydrogen-bond donors (Lipinski definition) is 2. The molecule has 0 aliphatic heterocycles. The molecule has 1 aromatic heterocycles. The van der Waals surface area contributed by atoms with Crippen LogP contribution in [0.5, 0.6) is 0 Å². The zero-order valence-corrected chi connectivity index (χ0v) is 9.73. The molecule has 0 aliphatic carbocycles. The van der Waals surface area contributed by atoms with Crippen LogP contribution < -0.4 is 5.32 Å². The van der Waals surface area contributed by atoms with Crippen molar-refractivity contribution in [3.05, 3.63) is 11.8 Å². The van der Waals surface area contributed by atoms with Gasteiger partial charge in [0.05, 0.1) is 18.3 Å². The molecule has 0 saturated carbocycles. The Hall–Kier alpha value is -1.40. The van der Waals surface area contributed by atoms with Gasteiger partial charge in [-0.2, -0.15) is 0 Å². The molecule has 0 aliphatic rings. The summed E-state index contributed by atoms with van der Waals surface area (Å²) in [6, 6.07) is 1.31. The molecule has 0 fully saturated rings. The molecule has 1 rings (SSSR count). The van der Waals surface area contributed by atoms with Gasteiger partial charge in [-0.25, -0.2) is 0 Å². The lowest BCUT2D eigenvalue weighted by Gasteiger charge is -2.21. The molecule has 0 spiro atoms. The number of aryl methyl sites for hydroxylation is 1. The standard InChI is InChI=1S/C10H17N3O3/c1-7-6-9(16-12-7)11-10(15)8(2)13(3)4-5-14/h6,8,14H,4-5H2,1-3H3,(H,11,15). The van der Waals surface area contributed by atoms with Gasteiger partial charge in [-0.05, 0) is 20.9 Å². The lowest BCUT2D eigenvalue weighted by Crippen LogP contribution is -2.40. The van der Waals surface area contributed by atoms with Crippen LogP contribution in [0.15, 0.2) is 10.6 Å². The van der Waals surface area contributed by atoms with Crippen LogP contribution in [-0.2, 0) is 4.79 Å². The number of nitrogens with zero attached hydrogens (tertiary/aromatic N) is 2. The molecule has 1 aromatic rings. The predicted octanol–water partition coefficient (Wildman–Crippen LogP) is 0.234. The van der Waals surface area contributed by atoms with Crippen LogP contribution in [0, 0.1) is 6.92 Å². The minimum Gasteiger partial charge on any atom is -0.395 e. The van der Waals surface area contributed by atoms with Crippen molar-refractivity contribution in [1.29, 1.82) is 0 Å². The largest absolute Gasteiger partial charge is 0.395 e. The molecular formula is C10H17N3O3. The van der Waals surface area contributed by atoms with Gasteiger partial charge >= 0.3 is 0 Å². The summed E-state index contributed by atoms with van der Waals surface area (Å²) in [7, 11) is 1.77. The molecule has 0 bridgehead atoms. The highest BCUT2D eigenvalue weighted by atomic mass is 16.5. The van der Waals surface area contributed by atoms with Crippen LogP contribution in [0.4, 0.5) is 5.88 Å². The van der Waals surface area contributed by atoms with Gasteiger partial charge in [0.15, 0.2) is 0 Å². The Morgan fingerprint density at radius 1 is 1.75 bits per heavy atom. The van der Waals surface area contributed by atoms with E-state index in [1.165, 1.54) is 0 Å². The normalized spacial score (nSPS) is 12.8. The summed E-state index contributed by atoms with van der Waals surface area (Å²) >= 11 is 0.